The molecule has 0 bridgehead atoms. The first-order chi connectivity index (χ1) is 13.2. The van der Waals surface area contributed by atoms with Gasteiger partial charge in [-0.2, -0.15) is 0 Å². The highest BCUT2D eigenvalue weighted by atomic mass is 16.2. The molecule has 0 fully saturated rings. The molecular formula is C23H31N3O2. The van der Waals surface area contributed by atoms with Gasteiger partial charge in [0.2, 0.25) is 11.8 Å². The molecule has 0 aliphatic rings. The van der Waals surface area contributed by atoms with Crippen molar-refractivity contribution in [3.63, 3.8) is 0 Å². The molecule has 5 heteroatoms. The summed E-state index contributed by atoms with van der Waals surface area (Å²) in [6, 6.07) is 13.4. The zero-order chi connectivity index (χ0) is 20.9. The highest BCUT2D eigenvalue weighted by Gasteiger charge is 2.36. The molecule has 2 rings (SSSR count). The number of benzene rings is 2. The number of anilines is 3. The second-order valence-corrected chi connectivity index (χ2v) is 7.50. The molecular weight excluding hydrogens is 350 g/mol. The van der Waals surface area contributed by atoms with Gasteiger partial charge in [0, 0.05) is 30.2 Å². The summed E-state index contributed by atoms with van der Waals surface area (Å²) >= 11 is 0. The van der Waals surface area contributed by atoms with Gasteiger partial charge in [0.25, 0.3) is 0 Å². The zero-order valence-electron chi connectivity index (χ0n) is 17.7. The van der Waals surface area contributed by atoms with E-state index >= 15 is 0 Å². The van der Waals surface area contributed by atoms with Gasteiger partial charge < -0.3 is 15.5 Å². The van der Waals surface area contributed by atoms with E-state index in [0.717, 1.165) is 35.6 Å². The van der Waals surface area contributed by atoms with Crippen LogP contribution in [0.15, 0.2) is 42.5 Å². The van der Waals surface area contributed by atoms with Crippen molar-refractivity contribution < 1.29 is 9.59 Å². The van der Waals surface area contributed by atoms with E-state index in [1.807, 2.05) is 56.3 Å². The van der Waals surface area contributed by atoms with Crippen LogP contribution in [0.5, 0.6) is 0 Å². The molecule has 0 atom stereocenters. The molecule has 0 unspecified atom stereocenters. The lowest BCUT2D eigenvalue weighted by Crippen LogP contribution is -2.41. The van der Waals surface area contributed by atoms with Gasteiger partial charge in [-0.1, -0.05) is 12.1 Å². The predicted octanol–water partition coefficient (Wildman–Crippen LogP) is 4.75. The van der Waals surface area contributed by atoms with E-state index in [1.165, 1.54) is 0 Å². The number of carbonyl (C=O) groups excluding carboxylic acids is 2. The summed E-state index contributed by atoms with van der Waals surface area (Å²) < 4.78 is 0. The monoisotopic (exact) mass is 381 g/mol. The molecule has 0 radical (unpaired) electrons. The Balaban J connectivity index is 2.09. The Morgan fingerprint density at radius 2 is 1.46 bits per heavy atom. The summed E-state index contributed by atoms with van der Waals surface area (Å²) in [6.45, 7) is 13.3. The second kappa shape index (κ2) is 8.91. The molecule has 0 aromatic heterocycles. The number of rotatable bonds is 7. The van der Waals surface area contributed by atoms with Crippen LogP contribution in [-0.4, -0.2) is 24.9 Å². The number of hydrogen-bond donors (Lipinski definition) is 2. The van der Waals surface area contributed by atoms with Crippen LogP contribution in [0.4, 0.5) is 17.1 Å². The van der Waals surface area contributed by atoms with Gasteiger partial charge >= 0.3 is 0 Å². The van der Waals surface area contributed by atoms with E-state index in [0.29, 0.717) is 5.69 Å². The van der Waals surface area contributed by atoms with Crippen molar-refractivity contribution in [3.8, 4) is 0 Å². The standard InChI is InChI=1S/C23H31N3O2/c1-7-26(8-2)19-14-12-18(13-15-19)24-21(27)23(5,6)22(28)25-20-11-9-10-16(3)17(20)4/h9-15H,7-8H2,1-6H3,(H,24,27)(H,25,28). The fourth-order valence-corrected chi connectivity index (χ4v) is 2.90. The molecule has 0 aliphatic heterocycles. The highest BCUT2D eigenvalue weighted by molar-refractivity contribution is 6.14. The van der Waals surface area contributed by atoms with Crippen LogP contribution in [0.25, 0.3) is 0 Å². The molecule has 5 nitrogen and oxygen atoms in total. The topological polar surface area (TPSA) is 61.4 Å². The van der Waals surface area contributed by atoms with Gasteiger partial charge in [0.05, 0.1) is 0 Å². The number of amides is 2. The van der Waals surface area contributed by atoms with Crippen molar-refractivity contribution in [2.45, 2.75) is 41.5 Å². The maximum Gasteiger partial charge on any atom is 0.239 e. The van der Waals surface area contributed by atoms with Crippen LogP contribution in [0, 0.1) is 19.3 Å². The first kappa shape index (κ1) is 21.5. The van der Waals surface area contributed by atoms with Crippen molar-refractivity contribution >= 4 is 28.9 Å². The third-order valence-electron chi connectivity index (χ3n) is 5.24. The van der Waals surface area contributed by atoms with Gasteiger partial charge in [0.1, 0.15) is 5.41 Å². The summed E-state index contributed by atoms with van der Waals surface area (Å²) in [6.07, 6.45) is 0. The minimum atomic E-state index is -1.21. The van der Waals surface area contributed by atoms with Crippen LogP contribution in [-0.2, 0) is 9.59 Å². The van der Waals surface area contributed by atoms with Gasteiger partial charge in [0.15, 0.2) is 0 Å². The van der Waals surface area contributed by atoms with Gasteiger partial charge in [-0.15, -0.1) is 0 Å². The molecule has 0 spiro atoms. The minimum absolute atomic E-state index is 0.335. The lowest BCUT2D eigenvalue weighted by atomic mass is 9.90. The molecule has 0 saturated heterocycles. The van der Waals surface area contributed by atoms with E-state index in [2.05, 4.69) is 29.4 Å². The summed E-state index contributed by atoms with van der Waals surface area (Å²) in [5.74, 6) is -0.677. The molecule has 2 aromatic rings. The van der Waals surface area contributed by atoms with Crippen LogP contribution in [0.3, 0.4) is 0 Å². The Hall–Kier alpha value is -2.82. The molecule has 0 saturated carbocycles. The number of aryl methyl sites for hydroxylation is 1. The lowest BCUT2D eigenvalue weighted by Gasteiger charge is -2.24. The molecule has 150 valence electrons. The van der Waals surface area contributed by atoms with Crippen molar-refractivity contribution in [1.82, 2.24) is 0 Å². The van der Waals surface area contributed by atoms with Crippen molar-refractivity contribution in [3.05, 3.63) is 53.6 Å². The number of carbonyl (C=O) groups is 2. The molecule has 0 heterocycles. The van der Waals surface area contributed by atoms with Gasteiger partial charge in [-0.25, -0.2) is 0 Å². The van der Waals surface area contributed by atoms with Crippen LogP contribution < -0.4 is 15.5 Å². The number of nitrogens with one attached hydrogen (secondary N) is 2. The number of nitrogens with zero attached hydrogens (tertiary/aromatic N) is 1. The average molecular weight is 382 g/mol. The summed E-state index contributed by atoms with van der Waals surface area (Å²) in [5, 5.41) is 5.75. The van der Waals surface area contributed by atoms with Crippen LogP contribution >= 0.6 is 0 Å². The summed E-state index contributed by atoms with van der Waals surface area (Å²) in [5.41, 5.74) is 3.39. The maximum absolute atomic E-state index is 12.8. The number of hydrogen-bond acceptors (Lipinski definition) is 3. The predicted molar refractivity (Wildman–Crippen MR) is 117 cm³/mol. The normalized spacial score (nSPS) is 11.1. The Bertz CT molecular complexity index is 837. The van der Waals surface area contributed by atoms with Crippen LogP contribution in [0.2, 0.25) is 0 Å². The lowest BCUT2D eigenvalue weighted by molar-refractivity contribution is -0.135. The SMILES string of the molecule is CCN(CC)c1ccc(NC(=O)C(C)(C)C(=O)Nc2cccc(C)c2C)cc1. The fraction of sp³-hybridized carbons (Fsp3) is 0.391. The molecule has 2 aromatic carbocycles. The average Bonchev–Trinajstić information content (AvgIpc) is 2.67. The zero-order valence-corrected chi connectivity index (χ0v) is 17.7. The molecule has 2 amide bonds. The Kier molecular flexibility index (Phi) is 6.84. The molecule has 28 heavy (non-hydrogen) atoms. The maximum atomic E-state index is 12.8. The first-order valence-electron chi connectivity index (χ1n) is 9.74. The Labute approximate surface area is 168 Å². The van der Waals surface area contributed by atoms with E-state index < -0.39 is 5.41 Å². The van der Waals surface area contributed by atoms with Gasteiger partial charge in [-0.05, 0) is 83.0 Å². The quantitative estimate of drug-likeness (QED) is 0.680. The van der Waals surface area contributed by atoms with E-state index in [4.69, 9.17) is 0 Å². The van der Waals surface area contributed by atoms with E-state index in [-0.39, 0.29) is 11.8 Å². The minimum Gasteiger partial charge on any atom is -0.372 e. The van der Waals surface area contributed by atoms with Crippen LogP contribution in [0.1, 0.15) is 38.8 Å². The second-order valence-electron chi connectivity index (χ2n) is 7.50. The Morgan fingerprint density at radius 3 is 2.04 bits per heavy atom. The summed E-state index contributed by atoms with van der Waals surface area (Å²) in [7, 11) is 0. The molecule has 0 aliphatic carbocycles. The fourth-order valence-electron chi connectivity index (χ4n) is 2.90. The van der Waals surface area contributed by atoms with Crippen molar-refractivity contribution in [1.29, 1.82) is 0 Å². The molecule has 2 N–H and O–H groups in total. The van der Waals surface area contributed by atoms with Gasteiger partial charge in [-0.3, -0.25) is 9.59 Å². The van der Waals surface area contributed by atoms with Crippen molar-refractivity contribution in [2.75, 3.05) is 28.6 Å². The van der Waals surface area contributed by atoms with Crippen molar-refractivity contribution in [2.24, 2.45) is 5.41 Å². The highest BCUT2D eigenvalue weighted by Crippen LogP contribution is 2.25. The Morgan fingerprint density at radius 1 is 0.893 bits per heavy atom. The van der Waals surface area contributed by atoms with E-state index in [9.17, 15) is 9.59 Å². The third kappa shape index (κ3) is 4.71. The largest absolute Gasteiger partial charge is 0.372 e. The summed E-state index contributed by atoms with van der Waals surface area (Å²) in [4.78, 5) is 27.8. The van der Waals surface area contributed by atoms with E-state index in [1.54, 1.807) is 13.8 Å². The third-order valence-corrected chi connectivity index (χ3v) is 5.24. The first-order valence-corrected chi connectivity index (χ1v) is 9.74. The smallest absolute Gasteiger partial charge is 0.239 e.